The predicted octanol–water partition coefficient (Wildman–Crippen LogP) is 0.458. The summed E-state index contributed by atoms with van der Waals surface area (Å²) >= 11 is 0. The summed E-state index contributed by atoms with van der Waals surface area (Å²) in [5.41, 5.74) is 7.52. The molecule has 0 spiro atoms. The van der Waals surface area contributed by atoms with Crippen LogP contribution in [-0.4, -0.2) is 25.9 Å². The van der Waals surface area contributed by atoms with Crippen LogP contribution in [0.4, 0.5) is 5.69 Å². The summed E-state index contributed by atoms with van der Waals surface area (Å²) in [5, 5.41) is 7.56. The summed E-state index contributed by atoms with van der Waals surface area (Å²) in [5.74, 6) is -0.474. The number of esters is 1. The van der Waals surface area contributed by atoms with Crippen LogP contribution < -0.4 is 5.73 Å². The van der Waals surface area contributed by atoms with Gasteiger partial charge in [0.1, 0.15) is 12.3 Å². The first kappa shape index (κ1) is 12.0. The molecule has 0 atom stereocenters. The van der Waals surface area contributed by atoms with E-state index < -0.39 is 5.97 Å². The Morgan fingerprint density at radius 1 is 1.56 bits per heavy atom. The number of nitrogens with two attached hydrogens (primary N) is 1. The smallest absolute Gasteiger partial charge is 0.340 e. The van der Waals surface area contributed by atoms with Gasteiger partial charge in [0, 0.05) is 7.05 Å². The van der Waals surface area contributed by atoms with Gasteiger partial charge in [0.2, 0.25) is 0 Å². The van der Waals surface area contributed by atoms with Crippen LogP contribution in [0.15, 0.2) is 18.5 Å². The summed E-state index contributed by atoms with van der Waals surface area (Å²) in [6.07, 6.45) is 3.17. The van der Waals surface area contributed by atoms with E-state index in [4.69, 9.17) is 10.5 Å². The Hall–Kier alpha value is -2.44. The first-order chi connectivity index (χ1) is 8.56. The Morgan fingerprint density at radius 2 is 2.33 bits per heavy atom. The molecule has 0 aromatic carbocycles. The lowest BCUT2D eigenvalue weighted by molar-refractivity contribution is 0.0466. The Bertz CT molecular complexity index is 579. The van der Waals surface area contributed by atoms with Crippen molar-refractivity contribution in [2.24, 2.45) is 7.05 Å². The summed E-state index contributed by atoms with van der Waals surface area (Å²) in [4.78, 5) is 15.8. The van der Waals surface area contributed by atoms with Gasteiger partial charge in [-0.1, -0.05) is 5.21 Å². The minimum atomic E-state index is -0.474. The number of rotatable bonds is 3. The van der Waals surface area contributed by atoms with Gasteiger partial charge in [-0.15, -0.1) is 5.10 Å². The molecule has 7 heteroatoms. The Morgan fingerprint density at radius 3 is 3.00 bits per heavy atom. The van der Waals surface area contributed by atoms with Gasteiger partial charge in [0.25, 0.3) is 0 Å². The number of carbonyl (C=O) groups excluding carboxylic acids is 1. The standard InChI is InChI=1S/C11H13N5O2/c1-7-10(3-8(12)4-13-7)11(17)18-6-9-5-16(2)15-14-9/h3-5H,6,12H2,1-2H3. The number of nitrogen functional groups attached to an aromatic ring is 1. The van der Waals surface area contributed by atoms with Gasteiger partial charge in [-0.2, -0.15) is 0 Å². The second-order valence-electron chi connectivity index (χ2n) is 3.86. The molecule has 2 heterocycles. The lowest BCUT2D eigenvalue weighted by atomic mass is 10.2. The minimum Gasteiger partial charge on any atom is -0.455 e. The molecular weight excluding hydrogens is 234 g/mol. The molecule has 0 aliphatic rings. The first-order valence-electron chi connectivity index (χ1n) is 5.30. The second-order valence-corrected chi connectivity index (χ2v) is 3.86. The molecular formula is C11H13N5O2. The highest BCUT2D eigenvalue weighted by Gasteiger charge is 2.13. The van der Waals surface area contributed by atoms with Gasteiger partial charge in [-0.05, 0) is 13.0 Å². The van der Waals surface area contributed by atoms with Gasteiger partial charge in [0.15, 0.2) is 0 Å². The zero-order valence-corrected chi connectivity index (χ0v) is 10.1. The quantitative estimate of drug-likeness (QED) is 0.791. The Labute approximate surface area is 104 Å². The monoisotopic (exact) mass is 247 g/mol. The van der Waals surface area contributed by atoms with E-state index in [1.807, 2.05) is 0 Å². The lowest BCUT2D eigenvalue weighted by Crippen LogP contribution is -2.09. The third-order valence-corrected chi connectivity index (χ3v) is 2.33. The van der Waals surface area contributed by atoms with Crippen molar-refractivity contribution < 1.29 is 9.53 Å². The Kier molecular flexibility index (Phi) is 3.22. The predicted molar refractivity (Wildman–Crippen MR) is 63.5 cm³/mol. The summed E-state index contributed by atoms with van der Waals surface area (Å²) in [7, 11) is 1.74. The molecule has 0 bridgehead atoms. The topological polar surface area (TPSA) is 95.9 Å². The van der Waals surface area contributed by atoms with Gasteiger partial charge in [-0.3, -0.25) is 9.67 Å². The number of nitrogens with zero attached hydrogens (tertiary/aromatic N) is 4. The zero-order valence-electron chi connectivity index (χ0n) is 10.1. The molecule has 0 aliphatic heterocycles. The van der Waals surface area contributed by atoms with Crippen molar-refractivity contribution >= 4 is 11.7 Å². The number of hydrogen-bond donors (Lipinski definition) is 1. The van der Waals surface area contributed by atoms with Crippen molar-refractivity contribution in [2.45, 2.75) is 13.5 Å². The SMILES string of the molecule is Cc1ncc(N)cc1C(=O)OCc1cn(C)nn1. The van der Waals surface area contributed by atoms with Crippen LogP contribution in [0.5, 0.6) is 0 Å². The highest BCUT2D eigenvalue weighted by atomic mass is 16.5. The number of anilines is 1. The molecule has 0 amide bonds. The van der Waals surface area contributed by atoms with Gasteiger partial charge in [0.05, 0.1) is 29.3 Å². The van der Waals surface area contributed by atoms with Gasteiger partial charge in [-0.25, -0.2) is 4.79 Å². The van der Waals surface area contributed by atoms with Crippen molar-refractivity contribution in [1.82, 2.24) is 20.0 Å². The molecule has 7 nitrogen and oxygen atoms in total. The van der Waals surface area contributed by atoms with Crippen LogP contribution in [0, 0.1) is 6.92 Å². The highest BCUT2D eigenvalue weighted by molar-refractivity contribution is 5.91. The molecule has 2 rings (SSSR count). The third-order valence-electron chi connectivity index (χ3n) is 2.33. The largest absolute Gasteiger partial charge is 0.455 e. The summed E-state index contributed by atoms with van der Waals surface area (Å²) in [6.45, 7) is 1.79. The third kappa shape index (κ3) is 2.62. The molecule has 0 aliphatic carbocycles. The molecule has 0 unspecified atom stereocenters. The van der Waals surface area contributed by atoms with E-state index in [1.165, 1.54) is 10.9 Å². The van der Waals surface area contributed by atoms with E-state index in [0.717, 1.165) is 0 Å². The number of aryl methyl sites for hydroxylation is 2. The van der Waals surface area contributed by atoms with Gasteiger partial charge >= 0.3 is 5.97 Å². The van der Waals surface area contributed by atoms with E-state index >= 15 is 0 Å². The van der Waals surface area contributed by atoms with Crippen molar-refractivity contribution in [3.63, 3.8) is 0 Å². The zero-order chi connectivity index (χ0) is 13.1. The van der Waals surface area contributed by atoms with E-state index in [-0.39, 0.29) is 6.61 Å². The van der Waals surface area contributed by atoms with E-state index in [1.54, 1.807) is 26.2 Å². The van der Waals surface area contributed by atoms with Crippen LogP contribution >= 0.6 is 0 Å². The van der Waals surface area contributed by atoms with E-state index in [0.29, 0.717) is 22.6 Å². The van der Waals surface area contributed by atoms with Crippen LogP contribution in [0.1, 0.15) is 21.7 Å². The molecule has 94 valence electrons. The maximum Gasteiger partial charge on any atom is 0.340 e. The van der Waals surface area contributed by atoms with Crippen LogP contribution in [-0.2, 0) is 18.4 Å². The molecule has 0 radical (unpaired) electrons. The van der Waals surface area contributed by atoms with Crippen molar-refractivity contribution in [2.75, 3.05) is 5.73 Å². The second kappa shape index (κ2) is 4.82. The Balaban J connectivity index is 2.05. The van der Waals surface area contributed by atoms with Crippen LogP contribution in [0.2, 0.25) is 0 Å². The normalized spacial score (nSPS) is 10.3. The van der Waals surface area contributed by atoms with Crippen molar-refractivity contribution in [1.29, 1.82) is 0 Å². The van der Waals surface area contributed by atoms with Crippen LogP contribution in [0.3, 0.4) is 0 Å². The van der Waals surface area contributed by atoms with Crippen LogP contribution in [0.25, 0.3) is 0 Å². The summed E-state index contributed by atoms with van der Waals surface area (Å²) in [6, 6.07) is 1.54. The minimum absolute atomic E-state index is 0.0703. The average Bonchev–Trinajstić information content (AvgIpc) is 2.75. The van der Waals surface area contributed by atoms with Crippen molar-refractivity contribution in [3.8, 4) is 0 Å². The fourth-order valence-corrected chi connectivity index (χ4v) is 1.43. The number of ether oxygens (including phenoxy) is 1. The van der Waals surface area contributed by atoms with Crippen molar-refractivity contribution in [3.05, 3.63) is 35.4 Å². The number of carbonyl (C=O) groups is 1. The molecule has 18 heavy (non-hydrogen) atoms. The molecule has 2 aromatic rings. The number of aromatic nitrogens is 4. The maximum atomic E-state index is 11.8. The summed E-state index contributed by atoms with van der Waals surface area (Å²) < 4.78 is 6.65. The average molecular weight is 247 g/mol. The highest BCUT2D eigenvalue weighted by Crippen LogP contribution is 2.11. The van der Waals surface area contributed by atoms with E-state index in [2.05, 4.69) is 15.3 Å². The van der Waals surface area contributed by atoms with Gasteiger partial charge < -0.3 is 10.5 Å². The number of hydrogen-bond acceptors (Lipinski definition) is 6. The fraction of sp³-hybridized carbons (Fsp3) is 0.273. The van der Waals surface area contributed by atoms with E-state index in [9.17, 15) is 4.79 Å². The molecule has 0 saturated carbocycles. The fourth-order valence-electron chi connectivity index (χ4n) is 1.43. The molecule has 2 aromatic heterocycles. The maximum absolute atomic E-state index is 11.8. The first-order valence-corrected chi connectivity index (χ1v) is 5.30. The molecule has 0 fully saturated rings. The lowest BCUT2D eigenvalue weighted by Gasteiger charge is -2.05. The molecule has 0 saturated heterocycles. The number of pyridine rings is 1. The molecule has 2 N–H and O–H groups in total.